The lowest BCUT2D eigenvalue weighted by Crippen LogP contribution is -2.50. The SMILES string of the molecule is COC(=O)c1c(OC)ccnc1N[C@@H]1CC[C@@H](C)N(C(=O)c2cc(F)ccc2-n2nccn2)C1. The largest absolute Gasteiger partial charge is 0.496 e. The number of pyridine rings is 1. The molecule has 1 amide bonds. The van der Waals surface area contributed by atoms with Gasteiger partial charge in [0.15, 0.2) is 0 Å². The molecule has 2 aromatic heterocycles. The number of carbonyl (C=O) groups is 2. The van der Waals surface area contributed by atoms with Gasteiger partial charge in [-0.15, -0.1) is 0 Å². The molecule has 3 heterocycles. The van der Waals surface area contributed by atoms with E-state index in [1.165, 1.54) is 55.8 Å². The Morgan fingerprint density at radius 3 is 2.59 bits per heavy atom. The van der Waals surface area contributed by atoms with E-state index in [2.05, 4.69) is 20.5 Å². The molecule has 11 heteroatoms. The van der Waals surface area contributed by atoms with Crippen LogP contribution in [-0.2, 0) is 4.74 Å². The summed E-state index contributed by atoms with van der Waals surface area (Å²) in [6.07, 6.45) is 5.94. The number of anilines is 1. The Kier molecular flexibility index (Phi) is 6.71. The fourth-order valence-electron chi connectivity index (χ4n) is 4.07. The number of piperidine rings is 1. The normalized spacial score (nSPS) is 17.8. The van der Waals surface area contributed by atoms with E-state index >= 15 is 0 Å². The Labute approximate surface area is 195 Å². The summed E-state index contributed by atoms with van der Waals surface area (Å²) in [6, 6.07) is 5.24. The number of nitrogens with one attached hydrogen (secondary N) is 1. The molecule has 1 fully saturated rings. The van der Waals surface area contributed by atoms with Crippen LogP contribution in [0.4, 0.5) is 10.2 Å². The first-order valence-corrected chi connectivity index (χ1v) is 10.8. The Balaban J connectivity index is 1.61. The summed E-state index contributed by atoms with van der Waals surface area (Å²) in [5.41, 5.74) is 0.737. The quantitative estimate of drug-likeness (QED) is 0.550. The van der Waals surface area contributed by atoms with E-state index in [-0.39, 0.29) is 29.1 Å². The van der Waals surface area contributed by atoms with Gasteiger partial charge in [0.25, 0.3) is 5.91 Å². The number of benzene rings is 1. The molecule has 0 bridgehead atoms. The molecule has 0 saturated carbocycles. The number of carbonyl (C=O) groups excluding carboxylic acids is 2. The second kappa shape index (κ2) is 9.86. The Morgan fingerprint density at radius 1 is 1.12 bits per heavy atom. The van der Waals surface area contributed by atoms with Crippen molar-refractivity contribution >= 4 is 17.7 Å². The molecule has 1 aliphatic rings. The van der Waals surface area contributed by atoms with E-state index in [1.807, 2.05) is 6.92 Å². The topological polar surface area (TPSA) is 111 Å². The smallest absolute Gasteiger partial charge is 0.345 e. The van der Waals surface area contributed by atoms with Crippen molar-refractivity contribution in [3.8, 4) is 11.4 Å². The van der Waals surface area contributed by atoms with Crippen LogP contribution in [0.15, 0.2) is 42.9 Å². The maximum absolute atomic E-state index is 14.1. The van der Waals surface area contributed by atoms with Gasteiger partial charge in [-0.05, 0) is 44.0 Å². The molecule has 0 aliphatic carbocycles. The standard InChI is InChI=1S/C23H25FN6O4/c1-14-4-6-16(28-21-20(23(32)34-3)19(33-2)8-9-25-21)13-29(14)22(31)17-12-15(24)5-7-18(17)30-26-10-11-27-30/h5,7-12,14,16H,4,6,13H2,1-3H3,(H,25,28)/t14-,16-/m1/s1. The van der Waals surface area contributed by atoms with Crippen LogP contribution in [0.25, 0.3) is 5.69 Å². The molecule has 2 atom stereocenters. The summed E-state index contributed by atoms with van der Waals surface area (Å²) < 4.78 is 24.3. The Morgan fingerprint density at radius 2 is 1.88 bits per heavy atom. The molecule has 0 radical (unpaired) electrons. The number of hydrogen-bond donors (Lipinski definition) is 1. The van der Waals surface area contributed by atoms with E-state index in [4.69, 9.17) is 9.47 Å². The average Bonchev–Trinajstić information content (AvgIpc) is 3.39. The highest BCUT2D eigenvalue weighted by molar-refractivity contribution is 5.98. The lowest BCUT2D eigenvalue weighted by Gasteiger charge is -2.39. The van der Waals surface area contributed by atoms with E-state index in [1.54, 1.807) is 11.0 Å². The number of halogens is 1. The zero-order chi connectivity index (χ0) is 24.2. The number of likely N-dealkylation sites (tertiary alicyclic amines) is 1. The first kappa shape index (κ1) is 23.1. The molecule has 3 aromatic rings. The number of amides is 1. The van der Waals surface area contributed by atoms with Crippen LogP contribution in [0.1, 0.15) is 40.5 Å². The molecule has 1 aliphatic heterocycles. The maximum Gasteiger partial charge on any atom is 0.345 e. The van der Waals surface area contributed by atoms with Gasteiger partial charge >= 0.3 is 5.97 Å². The van der Waals surface area contributed by atoms with Crippen molar-refractivity contribution in [3.05, 3.63) is 59.8 Å². The van der Waals surface area contributed by atoms with E-state index in [0.717, 1.165) is 6.42 Å². The summed E-state index contributed by atoms with van der Waals surface area (Å²) in [4.78, 5) is 33.2. The predicted octanol–water partition coefficient (Wildman–Crippen LogP) is 2.70. The molecule has 1 N–H and O–H groups in total. The van der Waals surface area contributed by atoms with Crippen LogP contribution in [0.2, 0.25) is 0 Å². The molecule has 0 unspecified atom stereocenters. The number of ether oxygens (including phenoxy) is 2. The summed E-state index contributed by atoms with van der Waals surface area (Å²) >= 11 is 0. The van der Waals surface area contributed by atoms with Crippen LogP contribution >= 0.6 is 0 Å². The molecule has 1 saturated heterocycles. The molecular formula is C23H25FN6O4. The van der Waals surface area contributed by atoms with Crippen LogP contribution in [0.3, 0.4) is 0 Å². The minimum absolute atomic E-state index is 0.0782. The van der Waals surface area contributed by atoms with Gasteiger partial charge in [-0.2, -0.15) is 15.0 Å². The van der Waals surface area contributed by atoms with Gasteiger partial charge in [-0.1, -0.05) is 0 Å². The van der Waals surface area contributed by atoms with E-state index in [9.17, 15) is 14.0 Å². The second-order valence-electron chi connectivity index (χ2n) is 7.93. The highest BCUT2D eigenvalue weighted by Crippen LogP contribution is 2.29. The predicted molar refractivity (Wildman–Crippen MR) is 121 cm³/mol. The fraction of sp³-hybridized carbons (Fsp3) is 0.348. The minimum atomic E-state index is -0.583. The summed E-state index contributed by atoms with van der Waals surface area (Å²) in [5, 5.41) is 11.4. The van der Waals surface area contributed by atoms with E-state index < -0.39 is 11.8 Å². The van der Waals surface area contributed by atoms with E-state index in [0.29, 0.717) is 30.2 Å². The summed E-state index contributed by atoms with van der Waals surface area (Å²) in [6.45, 7) is 2.27. The lowest BCUT2D eigenvalue weighted by molar-refractivity contribution is 0.0591. The third kappa shape index (κ3) is 4.54. The molecule has 4 rings (SSSR count). The molecule has 10 nitrogen and oxygen atoms in total. The zero-order valence-electron chi connectivity index (χ0n) is 19.1. The van der Waals surface area contributed by atoms with Crippen molar-refractivity contribution in [2.24, 2.45) is 0 Å². The number of methoxy groups -OCH3 is 2. The zero-order valence-corrected chi connectivity index (χ0v) is 19.1. The number of esters is 1. The van der Waals surface area contributed by atoms with Gasteiger partial charge in [0.1, 0.15) is 22.9 Å². The Hall–Kier alpha value is -4.02. The van der Waals surface area contributed by atoms with Crippen molar-refractivity contribution in [1.29, 1.82) is 0 Å². The van der Waals surface area contributed by atoms with Gasteiger partial charge in [-0.3, -0.25) is 4.79 Å². The average molecular weight is 468 g/mol. The van der Waals surface area contributed by atoms with Crippen molar-refractivity contribution in [3.63, 3.8) is 0 Å². The molecule has 178 valence electrons. The monoisotopic (exact) mass is 468 g/mol. The van der Waals surface area contributed by atoms with Crippen molar-refractivity contribution in [2.75, 3.05) is 26.1 Å². The van der Waals surface area contributed by atoms with Gasteiger partial charge in [0, 0.05) is 24.8 Å². The van der Waals surface area contributed by atoms with Gasteiger partial charge in [0.2, 0.25) is 0 Å². The van der Waals surface area contributed by atoms with Crippen molar-refractivity contribution in [2.45, 2.75) is 31.8 Å². The van der Waals surface area contributed by atoms with Gasteiger partial charge in [-0.25, -0.2) is 14.2 Å². The van der Waals surface area contributed by atoms with Crippen molar-refractivity contribution in [1.82, 2.24) is 24.9 Å². The highest BCUT2D eigenvalue weighted by atomic mass is 19.1. The van der Waals surface area contributed by atoms with Crippen LogP contribution in [0, 0.1) is 5.82 Å². The third-order valence-electron chi connectivity index (χ3n) is 5.83. The summed E-state index contributed by atoms with van der Waals surface area (Å²) in [7, 11) is 2.74. The van der Waals surface area contributed by atoms with Crippen molar-refractivity contribution < 1.29 is 23.5 Å². The van der Waals surface area contributed by atoms with Crippen LogP contribution < -0.4 is 10.1 Å². The number of rotatable bonds is 6. The highest BCUT2D eigenvalue weighted by Gasteiger charge is 2.32. The lowest BCUT2D eigenvalue weighted by atomic mass is 9.97. The molecule has 1 aromatic carbocycles. The maximum atomic E-state index is 14.1. The Bertz CT molecular complexity index is 1190. The fourth-order valence-corrected chi connectivity index (χ4v) is 4.07. The molecule has 34 heavy (non-hydrogen) atoms. The minimum Gasteiger partial charge on any atom is -0.496 e. The van der Waals surface area contributed by atoms with Crippen LogP contribution in [0.5, 0.6) is 5.75 Å². The molecule has 0 spiro atoms. The van der Waals surface area contributed by atoms with Gasteiger partial charge in [0.05, 0.1) is 37.9 Å². The van der Waals surface area contributed by atoms with Gasteiger partial charge < -0.3 is 19.7 Å². The first-order chi connectivity index (χ1) is 16.4. The van der Waals surface area contributed by atoms with Crippen LogP contribution in [-0.4, -0.2) is 69.6 Å². The number of nitrogens with zero attached hydrogens (tertiary/aromatic N) is 5. The number of aromatic nitrogens is 4. The first-order valence-electron chi connectivity index (χ1n) is 10.8. The third-order valence-corrected chi connectivity index (χ3v) is 5.83. The molecular weight excluding hydrogens is 443 g/mol. The second-order valence-corrected chi connectivity index (χ2v) is 7.93. The summed E-state index contributed by atoms with van der Waals surface area (Å²) in [5.74, 6) is -0.803. The number of hydrogen-bond acceptors (Lipinski definition) is 8.